The minimum Gasteiger partial charge on any atom is -0.490 e. The number of carbonyl (C=O) groups is 1. The van der Waals surface area contributed by atoms with Crippen LogP contribution >= 0.6 is 0 Å². The normalized spacial score (nSPS) is 21.2. The smallest absolute Gasteiger partial charge is 0.251 e. The fourth-order valence-electron chi connectivity index (χ4n) is 2.68. The minimum atomic E-state index is -0.219. The van der Waals surface area contributed by atoms with Gasteiger partial charge in [-0.2, -0.15) is 0 Å². The van der Waals surface area contributed by atoms with Gasteiger partial charge in [-0.15, -0.1) is 0 Å². The van der Waals surface area contributed by atoms with Crippen LogP contribution in [0.4, 0.5) is 0 Å². The summed E-state index contributed by atoms with van der Waals surface area (Å²) in [5, 5.41) is 12.5. The second-order valence-electron chi connectivity index (χ2n) is 5.51. The standard InChI is InChI=1S/C17H25NO4/c1-3-21-15-10-5-12(11-16(15)22-4-2)17(20)18-13-6-8-14(19)9-7-13/h5,10-11,13-14,19H,3-4,6-9H2,1-2H3,(H,18,20). The van der Waals surface area contributed by atoms with Gasteiger partial charge in [-0.1, -0.05) is 0 Å². The molecule has 0 atom stereocenters. The Morgan fingerprint density at radius 1 is 1.14 bits per heavy atom. The van der Waals surface area contributed by atoms with Crippen molar-refractivity contribution in [2.45, 2.75) is 51.7 Å². The Kier molecular flexibility index (Phi) is 6.07. The molecule has 1 saturated carbocycles. The van der Waals surface area contributed by atoms with Gasteiger partial charge in [0.2, 0.25) is 0 Å². The zero-order valence-corrected chi connectivity index (χ0v) is 13.3. The average Bonchev–Trinajstić information content (AvgIpc) is 2.51. The molecule has 5 heteroatoms. The summed E-state index contributed by atoms with van der Waals surface area (Å²) in [4.78, 5) is 12.4. The molecule has 1 aromatic carbocycles. The minimum absolute atomic E-state index is 0.106. The Balaban J connectivity index is 2.04. The molecular weight excluding hydrogens is 282 g/mol. The first-order chi connectivity index (χ1) is 10.6. The Morgan fingerprint density at radius 3 is 2.41 bits per heavy atom. The second kappa shape index (κ2) is 8.03. The van der Waals surface area contributed by atoms with E-state index in [2.05, 4.69) is 5.32 Å². The van der Waals surface area contributed by atoms with E-state index in [9.17, 15) is 9.90 Å². The van der Waals surface area contributed by atoms with Crippen LogP contribution in [0.5, 0.6) is 11.5 Å². The number of aliphatic hydroxyl groups excluding tert-OH is 1. The first-order valence-corrected chi connectivity index (χ1v) is 8.02. The maximum atomic E-state index is 12.4. The van der Waals surface area contributed by atoms with Crippen LogP contribution in [-0.4, -0.2) is 36.4 Å². The van der Waals surface area contributed by atoms with E-state index in [1.54, 1.807) is 18.2 Å². The summed E-state index contributed by atoms with van der Waals surface area (Å²) in [6.45, 7) is 4.88. The number of amides is 1. The quantitative estimate of drug-likeness (QED) is 0.847. The monoisotopic (exact) mass is 307 g/mol. The molecular formula is C17H25NO4. The lowest BCUT2D eigenvalue weighted by atomic mass is 9.93. The Bertz CT molecular complexity index is 495. The van der Waals surface area contributed by atoms with Gasteiger partial charge in [0.1, 0.15) is 0 Å². The lowest BCUT2D eigenvalue weighted by Crippen LogP contribution is -2.38. The number of hydrogen-bond acceptors (Lipinski definition) is 4. The first-order valence-electron chi connectivity index (χ1n) is 8.02. The van der Waals surface area contributed by atoms with Crippen molar-refractivity contribution < 1.29 is 19.4 Å². The highest BCUT2D eigenvalue weighted by Gasteiger charge is 2.21. The highest BCUT2D eigenvalue weighted by Crippen LogP contribution is 2.28. The lowest BCUT2D eigenvalue weighted by molar-refractivity contribution is 0.0867. The van der Waals surface area contributed by atoms with Gasteiger partial charge in [-0.3, -0.25) is 4.79 Å². The van der Waals surface area contributed by atoms with E-state index in [0.29, 0.717) is 30.3 Å². The fourth-order valence-corrected chi connectivity index (χ4v) is 2.68. The van der Waals surface area contributed by atoms with Crippen LogP contribution < -0.4 is 14.8 Å². The Labute approximate surface area is 131 Å². The van der Waals surface area contributed by atoms with E-state index < -0.39 is 0 Å². The number of rotatable bonds is 6. The average molecular weight is 307 g/mol. The van der Waals surface area contributed by atoms with Crippen molar-refractivity contribution in [3.05, 3.63) is 23.8 Å². The van der Waals surface area contributed by atoms with E-state index in [1.165, 1.54) is 0 Å². The summed E-state index contributed by atoms with van der Waals surface area (Å²) < 4.78 is 11.0. The first kappa shape index (κ1) is 16.6. The van der Waals surface area contributed by atoms with Gasteiger partial charge in [0.15, 0.2) is 11.5 Å². The van der Waals surface area contributed by atoms with Crippen molar-refractivity contribution in [1.29, 1.82) is 0 Å². The van der Waals surface area contributed by atoms with Gasteiger partial charge in [0.05, 0.1) is 19.3 Å². The molecule has 0 heterocycles. The molecule has 122 valence electrons. The number of carbonyl (C=O) groups excluding carboxylic acids is 1. The van der Waals surface area contributed by atoms with Gasteiger partial charge in [0, 0.05) is 11.6 Å². The number of benzene rings is 1. The van der Waals surface area contributed by atoms with Crippen molar-refractivity contribution in [3.63, 3.8) is 0 Å². The molecule has 2 rings (SSSR count). The highest BCUT2D eigenvalue weighted by molar-refractivity contribution is 5.95. The summed E-state index contributed by atoms with van der Waals surface area (Å²) >= 11 is 0. The van der Waals surface area contributed by atoms with Gasteiger partial charge in [-0.05, 0) is 57.7 Å². The molecule has 2 N–H and O–H groups in total. The lowest BCUT2D eigenvalue weighted by Gasteiger charge is -2.26. The van der Waals surface area contributed by atoms with Crippen molar-refractivity contribution in [3.8, 4) is 11.5 Å². The number of hydrogen-bond donors (Lipinski definition) is 2. The predicted octanol–water partition coefficient (Wildman–Crippen LogP) is 2.52. The van der Waals surface area contributed by atoms with E-state index in [-0.39, 0.29) is 18.1 Å². The van der Waals surface area contributed by atoms with Crippen LogP contribution in [0.15, 0.2) is 18.2 Å². The summed E-state index contributed by atoms with van der Waals surface area (Å²) in [5.41, 5.74) is 0.568. The summed E-state index contributed by atoms with van der Waals surface area (Å²) in [7, 11) is 0. The van der Waals surface area contributed by atoms with Gasteiger partial charge >= 0.3 is 0 Å². The van der Waals surface area contributed by atoms with Crippen molar-refractivity contribution in [2.24, 2.45) is 0 Å². The maximum absolute atomic E-state index is 12.4. The third-order valence-corrected chi connectivity index (χ3v) is 3.84. The van der Waals surface area contributed by atoms with Crippen LogP contribution in [0.3, 0.4) is 0 Å². The summed E-state index contributed by atoms with van der Waals surface area (Å²) in [6, 6.07) is 5.38. The van der Waals surface area contributed by atoms with Gasteiger partial charge < -0.3 is 19.9 Å². The molecule has 0 aromatic heterocycles. The molecule has 0 aliphatic heterocycles. The number of aliphatic hydroxyl groups is 1. The molecule has 0 spiro atoms. The molecule has 5 nitrogen and oxygen atoms in total. The van der Waals surface area contributed by atoms with E-state index in [0.717, 1.165) is 25.7 Å². The fraction of sp³-hybridized carbons (Fsp3) is 0.588. The third-order valence-electron chi connectivity index (χ3n) is 3.84. The van der Waals surface area contributed by atoms with Crippen molar-refractivity contribution >= 4 is 5.91 Å². The Hall–Kier alpha value is -1.75. The van der Waals surface area contributed by atoms with Crippen molar-refractivity contribution in [2.75, 3.05) is 13.2 Å². The van der Waals surface area contributed by atoms with Gasteiger partial charge in [-0.25, -0.2) is 0 Å². The van der Waals surface area contributed by atoms with E-state index in [4.69, 9.17) is 9.47 Å². The molecule has 0 bridgehead atoms. The number of ether oxygens (including phenoxy) is 2. The third kappa shape index (κ3) is 4.37. The van der Waals surface area contributed by atoms with E-state index >= 15 is 0 Å². The molecule has 0 unspecified atom stereocenters. The van der Waals surface area contributed by atoms with Crippen LogP contribution in [-0.2, 0) is 0 Å². The number of nitrogens with one attached hydrogen (secondary N) is 1. The highest BCUT2D eigenvalue weighted by atomic mass is 16.5. The molecule has 22 heavy (non-hydrogen) atoms. The van der Waals surface area contributed by atoms with Crippen LogP contribution in [0.1, 0.15) is 49.9 Å². The molecule has 1 aliphatic carbocycles. The Morgan fingerprint density at radius 2 is 1.77 bits per heavy atom. The summed E-state index contributed by atoms with van der Waals surface area (Å²) in [5.74, 6) is 1.14. The van der Waals surface area contributed by atoms with Crippen LogP contribution in [0.25, 0.3) is 0 Å². The molecule has 1 amide bonds. The zero-order valence-electron chi connectivity index (χ0n) is 13.3. The molecule has 0 radical (unpaired) electrons. The topological polar surface area (TPSA) is 67.8 Å². The van der Waals surface area contributed by atoms with Gasteiger partial charge in [0.25, 0.3) is 5.91 Å². The van der Waals surface area contributed by atoms with E-state index in [1.807, 2.05) is 13.8 Å². The molecule has 1 aromatic rings. The summed E-state index contributed by atoms with van der Waals surface area (Å²) in [6.07, 6.45) is 2.92. The predicted molar refractivity (Wildman–Crippen MR) is 84.5 cm³/mol. The SMILES string of the molecule is CCOc1ccc(C(=O)NC2CCC(O)CC2)cc1OCC. The zero-order chi connectivity index (χ0) is 15.9. The largest absolute Gasteiger partial charge is 0.490 e. The molecule has 1 aliphatic rings. The van der Waals surface area contributed by atoms with Crippen LogP contribution in [0, 0.1) is 0 Å². The molecule has 1 fully saturated rings. The van der Waals surface area contributed by atoms with Crippen molar-refractivity contribution in [1.82, 2.24) is 5.32 Å². The van der Waals surface area contributed by atoms with Crippen LogP contribution in [0.2, 0.25) is 0 Å². The molecule has 0 saturated heterocycles. The maximum Gasteiger partial charge on any atom is 0.251 e. The second-order valence-corrected chi connectivity index (χ2v) is 5.51.